The van der Waals surface area contributed by atoms with Crippen molar-refractivity contribution in [3.8, 4) is 17.9 Å². The summed E-state index contributed by atoms with van der Waals surface area (Å²) in [6.45, 7) is 5.90. The molecule has 7 heteroatoms. The fraction of sp³-hybridized carbons (Fsp3) is 0.375. The van der Waals surface area contributed by atoms with Crippen LogP contribution in [0.25, 0.3) is 6.08 Å². The molecule has 1 heterocycles. The minimum absolute atomic E-state index is 0.0378. The third kappa shape index (κ3) is 4.73. The predicted molar refractivity (Wildman–Crippen MR) is 124 cm³/mol. The number of nitriles is 2. The normalized spacial score (nSPS) is 13.0. The third-order valence-electron chi connectivity index (χ3n) is 5.52. The molecule has 0 unspecified atom stereocenters. The van der Waals surface area contributed by atoms with Crippen molar-refractivity contribution in [1.82, 2.24) is 0 Å². The molecule has 3 rings (SSSR count). The van der Waals surface area contributed by atoms with Crippen LogP contribution < -0.4 is 15.0 Å². The van der Waals surface area contributed by atoms with Crippen molar-refractivity contribution in [2.45, 2.75) is 39.5 Å². The number of thiophene rings is 1. The number of carbonyl (C=O) groups excluding carboxylic acids is 1. The quantitative estimate of drug-likeness (QED) is 0.495. The summed E-state index contributed by atoms with van der Waals surface area (Å²) in [5.41, 5.74) is 3.21. The lowest BCUT2D eigenvalue weighted by molar-refractivity contribution is -0.112. The number of aryl methyl sites for hydroxylation is 1. The number of fused-ring (bicyclic) bond motifs is 1. The van der Waals surface area contributed by atoms with Gasteiger partial charge in [-0.2, -0.15) is 10.5 Å². The van der Waals surface area contributed by atoms with E-state index in [9.17, 15) is 15.3 Å². The van der Waals surface area contributed by atoms with Gasteiger partial charge in [-0.05, 0) is 63.3 Å². The van der Waals surface area contributed by atoms with Gasteiger partial charge in [0.2, 0.25) is 0 Å². The van der Waals surface area contributed by atoms with E-state index in [-0.39, 0.29) is 5.57 Å². The zero-order chi connectivity index (χ0) is 22.4. The molecule has 1 aliphatic carbocycles. The van der Waals surface area contributed by atoms with Gasteiger partial charge in [-0.25, -0.2) is 0 Å². The molecule has 0 atom stereocenters. The third-order valence-corrected chi connectivity index (χ3v) is 6.73. The van der Waals surface area contributed by atoms with Gasteiger partial charge >= 0.3 is 0 Å². The molecule has 1 aliphatic rings. The number of amides is 1. The van der Waals surface area contributed by atoms with Crippen molar-refractivity contribution in [3.63, 3.8) is 0 Å². The van der Waals surface area contributed by atoms with Crippen molar-refractivity contribution < 1.29 is 9.53 Å². The molecule has 1 aromatic heterocycles. The van der Waals surface area contributed by atoms with Crippen molar-refractivity contribution in [2.24, 2.45) is 0 Å². The van der Waals surface area contributed by atoms with E-state index in [0.717, 1.165) is 54.9 Å². The molecule has 2 aromatic rings. The average Bonchev–Trinajstić information content (AvgIpc) is 3.15. The Kier molecular flexibility index (Phi) is 7.33. The number of nitrogens with zero attached hydrogens (tertiary/aromatic N) is 3. The SMILES string of the molecule is CCN(CC)c1ccc(/C=C(\C#N)C(=O)Nc2sc3c(c2C#N)CCCC3)c(OC)c1. The molecule has 0 spiro atoms. The average molecular weight is 435 g/mol. The smallest absolute Gasteiger partial charge is 0.266 e. The zero-order valence-corrected chi connectivity index (χ0v) is 18.9. The predicted octanol–water partition coefficient (Wildman–Crippen LogP) is 4.90. The number of hydrogen-bond donors (Lipinski definition) is 1. The zero-order valence-electron chi connectivity index (χ0n) is 18.1. The fourth-order valence-corrected chi connectivity index (χ4v) is 5.09. The Morgan fingerprint density at radius 3 is 2.65 bits per heavy atom. The summed E-state index contributed by atoms with van der Waals surface area (Å²) in [7, 11) is 1.57. The number of hydrogen-bond acceptors (Lipinski definition) is 6. The molecule has 0 bridgehead atoms. The Morgan fingerprint density at radius 2 is 2.00 bits per heavy atom. The van der Waals surface area contributed by atoms with Crippen LogP contribution in [0, 0.1) is 22.7 Å². The molecule has 160 valence electrons. The van der Waals surface area contributed by atoms with Gasteiger partial charge in [0, 0.05) is 35.3 Å². The second-order valence-electron chi connectivity index (χ2n) is 7.25. The van der Waals surface area contributed by atoms with Crippen molar-refractivity contribution in [3.05, 3.63) is 45.3 Å². The van der Waals surface area contributed by atoms with Gasteiger partial charge < -0.3 is 15.0 Å². The van der Waals surface area contributed by atoms with Crippen LogP contribution in [-0.2, 0) is 17.6 Å². The first kappa shape index (κ1) is 22.4. The van der Waals surface area contributed by atoms with Crippen LogP contribution in [0.5, 0.6) is 5.75 Å². The molecule has 0 saturated heterocycles. The van der Waals surface area contributed by atoms with Gasteiger partial charge in [-0.1, -0.05) is 0 Å². The minimum Gasteiger partial charge on any atom is -0.496 e. The monoisotopic (exact) mass is 434 g/mol. The summed E-state index contributed by atoms with van der Waals surface area (Å²) >= 11 is 1.45. The van der Waals surface area contributed by atoms with Crippen LogP contribution in [-0.4, -0.2) is 26.1 Å². The summed E-state index contributed by atoms with van der Waals surface area (Å²) < 4.78 is 5.51. The number of ether oxygens (including phenoxy) is 1. The first-order chi connectivity index (χ1) is 15.1. The lowest BCUT2D eigenvalue weighted by atomic mass is 9.96. The molecule has 0 aliphatic heterocycles. The Labute approximate surface area is 187 Å². The van der Waals surface area contributed by atoms with Gasteiger partial charge in [0.1, 0.15) is 28.5 Å². The van der Waals surface area contributed by atoms with Crippen LogP contribution in [0.2, 0.25) is 0 Å². The van der Waals surface area contributed by atoms with Crippen LogP contribution in [0.15, 0.2) is 23.8 Å². The largest absolute Gasteiger partial charge is 0.496 e. The Balaban J connectivity index is 1.89. The van der Waals surface area contributed by atoms with Gasteiger partial charge in [-0.15, -0.1) is 11.3 Å². The first-order valence-electron chi connectivity index (χ1n) is 10.5. The standard InChI is InChI=1S/C24H26N4O2S/c1-4-28(5-2)18-11-10-16(21(13-18)30-3)12-17(14-25)23(29)27-24-20(15-26)19-8-6-7-9-22(19)31-24/h10-13H,4-9H2,1-3H3,(H,27,29)/b17-12+. The van der Waals surface area contributed by atoms with E-state index in [1.807, 2.05) is 24.3 Å². The van der Waals surface area contributed by atoms with Crippen molar-refractivity contribution in [2.75, 3.05) is 30.4 Å². The fourth-order valence-electron chi connectivity index (χ4n) is 3.85. The summed E-state index contributed by atoms with van der Waals surface area (Å²) in [4.78, 5) is 16.2. The molecular formula is C24H26N4O2S. The highest BCUT2D eigenvalue weighted by molar-refractivity contribution is 7.16. The lowest BCUT2D eigenvalue weighted by Crippen LogP contribution is -2.21. The number of benzene rings is 1. The summed E-state index contributed by atoms with van der Waals surface area (Å²) in [5, 5.41) is 22.5. The Hall–Kier alpha value is -3.29. The number of rotatable bonds is 7. The molecule has 31 heavy (non-hydrogen) atoms. The molecule has 6 nitrogen and oxygen atoms in total. The van der Waals surface area contributed by atoms with E-state index in [2.05, 4.69) is 30.1 Å². The van der Waals surface area contributed by atoms with E-state index < -0.39 is 5.91 Å². The highest BCUT2D eigenvalue weighted by atomic mass is 32.1. The van der Waals surface area contributed by atoms with Crippen molar-refractivity contribution >= 4 is 34.0 Å². The van der Waals surface area contributed by atoms with Crippen LogP contribution in [0.3, 0.4) is 0 Å². The van der Waals surface area contributed by atoms with E-state index in [1.165, 1.54) is 17.4 Å². The molecule has 0 radical (unpaired) electrons. The maximum atomic E-state index is 12.8. The van der Waals surface area contributed by atoms with Crippen LogP contribution in [0.4, 0.5) is 10.7 Å². The summed E-state index contributed by atoms with van der Waals surface area (Å²) in [5.74, 6) is 0.0710. The van der Waals surface area contributed by atoms with Gasteiger partial charge in [-0.3, -0.25) is 4.79 Å². The number of carbonyl (C=O) groups is 1. The molecule has 0 fully saturated rings. The van der Waals surface area contributed by atoms with Gasteiger partial charge in [0.15, 0.2) is 0 Å². The molecular weight excluding hydrogens is 408 g/mol. The maximum absolute atomic E-state index is 12.8. The van der Waals surface area contributed by atoms with Gasteiger partial charge in [0.05, 0.1) is 12.7 Å². The van der Waals surface area contributed by atoms with E-state index in [1.54, 1.807) is 7.11 Å². The molecule has 0 saturated carbocycles. The number of anilines is 2. The van der Waals surface area contributed by atoms with E-state index in [0.29, 0.717) is 21.9 Å². The van der Waals surface area contributed by atoms with Gasteiger partial charge in [0.25, 0.3) is 5.91 Å². The molecule has 1 N–H and O–H groups in total. The highest BCUT2D eigenvalue weighted by Crippen LogP contribution is 2.38. The second kappa shape index (κ2) is 10.1. The van der Waals surface area contributed by atoms with Crippen LogP contribution in [0.1, 0.15) is 48.3 Å². The molecule has 1 amide bonds. The Morgan fingerprint density at radius 1 is 1.26 bits per heavy atom. The van der Waals surface area contributed by atoms with E-state index >= 15 is 0 Å². The van der Waals surface area contributed by atoms with E-state index in [4.69, 9.17) is 4.74 Å². The Bertz CT molecular complexity index is 1080. The van der Waals surface area contributed by atoms with Crippen molar-refractivity contribution in [1.29, 1.82) is 10.5 Å². The van der Waals surface area contributed by atoms with Crippen LogP contribution >= 0.6 is 11.3 Å². The second-order valence-corrected chi connectivity index (χ2v) is 8.35. The summed E-state index contributed by atoms with van der Waals surface area (Å²) in [6, 6.07) is 9.93. The topological polar surface area (TPSA) is 89.2 Å². The number of methoxy groups -OCH3 is 1. The highest BCUT2D eigenvalue weighted by Gasteiger charge is 2.23. The minimum atomic E-state index is -0.521. The number of nitrogens with one attached hydrogen (secondary N) is 1. The summed E-state index contributed by atoms with van der Waals surface area (Å²) in [6.07, 6.45) is 5.47. The maximum Gasteiger partial charge on any atom is 0.266 e. The molecule has 1 aromatic carbocycles. The lowest BCUT2D eigenvalue weighted by Gasteiger charge is -2.22. The first-order valence-corrected chi connectivity index (χ1v) is 11.3.